The maximum Gasteiger partial charge on any atom is 0.234 e. The van der Waals surface area contributed by atoms with Gasteiger partial charge in [0.05, 0.1) is 21.5 Å². The lowest BCUT2D eigenvalue weighted by Crippen LogP contribution is -2.15. The number of anilines is 1. The van der Waals surface area contributed by atoms with E-state index in [1.807, 2.05) is 53.1 Å². The summed E-state index contributed by atoms with van der Waals surface area (Å²) in [6, 6.07) is 20.3. The van der Waals surface area contributed by atoms with Gasteiger partial charge in [-0.05, 0) is 36.4 Å². The number of para-hydroxylation sites is 2. The molecule has 4 aromatic rings. The standard InChI is InChI=1S/C21H15Cl2N5OS/c22-15-9-6-10-16(23)19(15)25-18(29)13-30-21-27-26-20(17-11-4-5-12-24-17)28(21)14-7-2-1-3-8-14/h1-12H,13H2,(H,25,29). The van der Waals surface area contributed by atoms with Gasteiger partial charge in [0, 0.05) is 11.9 Å². The summed E-state index contributed by atoms with van der Waals surface area (Å²) in [5, 5.41) is 12.7. The van der Waals surface area contributed by atoms with Crippen LogP contribution in [0, 0.1) is 0 Å². The number of rotatable bonds is 6. The molecule has 0 unspecified atom stereocenters. The van der Waals surface area contributed by atoms with Crippen molar-refractivity contribution in [3.8, 4) is 17.2 Å². The van der Waals surface area contributed by atoms with Crippen LogP contribution < -0.4 is 5.32 Å². The van der Waals surface area contributed by atoms with Crippen LogP contribution in [0.15, 0.2) is 78.1 Å². The average Bonchev–Trinajstić information content (AvgIpc) is 3.20. The van der Waals surface area contributed by atoms with Gasteiger partial charge in [-0.25, -0.2) is 0 Å². The molecule has 1 N–H and O–H groups in total. The van der Waals surface area contributed by atoms with Gasteiger partial charge in [-0.3, -0.25) is 14.3 Å². The van der Waals surface area contributed by atoms with E-state index in [0.717, 1.165) is 5.69 Å². The first-order valence-electron chi connectivity index (χ1n) is 8.92. The van der Waals surface area contributed by atoms with Crippen molar-refractivity contribution in [1.29, 1.82) is 0 Å². The van der Waals surface area contributed by atoms with Crippen LogP contribution in [0.1, 0.15) is 0 Å². The number of amides is 1. The molecule has 1 amide bonds. The summed E-state index contributed by atoms with van der Waals surface area (Å²) in [5.74, 6) is 0.449. The fraction of sp³-hybridized carbons (Fsp3) is 0.0476. The minimum atomic E-state index is -0.253. The Morgan fingerprint density at radius 1 is 0.933 bits per heavy atom. The molecule has 0 radical (unpaired) electrons. The Kier molecular flexibility index (Phi) is 6.32. The molecule has 2 heterocycles. The van der Waals surface area contributed by atoms with Crippen LogP contribution >= 0.6 is 35.0 Å². The predicted molar refractivity (Wildman–Crippen MR) is 120 cm³/mol. The fourth-order valence-corrected chi connectivity index (χ4v) is 4.00. The molecular weight excluding hydrogens is 441 g/mol. The highest BCUT2D eigenvalue weighted by atomic mass is 35.5. The Labute approximate surface area is 187 Å². The maximum absolute atomic E-state index is 12.5. The topological polar surface area (TPSA) is 72.7 Å². The molecule has 4 rings (SSSR count). The van der Waals surface area contributed by atoms with Gasteiger partial charge in [-0.2, -0.15) is 0 Å². The van der Waals surface area contributed by atoms with E-state index in [2.05, 4.69) is 20.5 Å². The third-order valence-electron chi connectivity index (χ3n) is 4.10. The van der Waals surface area contributed by atoms with E-state index >= 15 is 0 Å². The second-order valence-electron chi connectivity index (χ2n) is 6.13. The highest BCUT2D eigenvalue weighted by Gasteiger charge is 2.18. The Morgan fingerprint density at radius 3 is 2.37 bits per heavy atom. The summed E-state index contributed by atoms with van der Waals surface area (Å²) < 4.78 is 1.88. The zero-order valence-electron chi connectivity index (χ0n) is 15.5. The first kappa shape index (κ1) is 20.4. The largest absolute Gasteiger partial charge is 0.323 e. The van der Waals surface area contributed by atoms with Crippen molar-refractivity contribution < 1.29 is 4.79 Å². The van der Waals surface area contributed by atoms with E-state index in [1.165, 1.54) is 11.8 Å². The number of hydrogen-bond acceptors (Lipinski definition) is 5. The van der Waals surface area contributed by atoms with Crippen LogP contribution in [0.2, 0.25) is 10.0 Å². The van der Waals surface area contributed by atoms with Crippen LogP contribution in [0.25, 0.3) is 17.2 Å². The fourth-order valence-electron chi connectivity index (χ4n) is 2.76. The summed E-state index contributed by atoms with van der Waals surface area (Å²) >= 11 is 13.5. The second kappa shape index (κ2) is 9.30. The molecule has 2 aromatic heterocycles. The zero-order chi connectivity index (χ0) is 20.9. The van der Waals surface area contributed by atoms with Crippen molar-refractivity contribution in [2.24, 2.45) is 0 Å². The van der Waals surface area contributed by atoms with E-state index in [0.29, 0.717) is 32.4 Å². The van der Waals surface area contributed by atoms with E-state index < -0.39 is 0 Å². The third-order valence-corrected chi connectivity index (χ3v) is 5.66. The Bertz CT molecular complexity index is 1150. The SMILES string of the molecule is O=C(CSc1nnc(-c2ccccn2)n1-c1ccccc1)Nc1c(Cl)cccc1Cl. The first-order chi connectivity index (χ1) is 14.6. The number of carbonyl (C=O) groups excluding carboxylic acids is 1. The quantitative estimate of drug-likeness (QED) is 0.395. The summed E-state index contributed by atoms with van der Waals surface area (Å²) in [5.41, 5.74) is 1.96. The van der Waals surface area contributed by atoms with Gasteiger partial charge in [0.15, 0.2) is 11.0 Å². The van der Waals surface area contributed by atoms with Crippen LogP contribution in [-0.4, -0.2) is 31.4 Å². The molecule has 30 heavy (non-hydrogen) atoms. The normalized spacial score (nSPS) is 10.7. The lowest BCUT2D eigenvalue weighted by atomic mass is 10.3. The van der Waals surface area contributed by atoms with Gasteiger partial charge in [-0.15, -0.1) is 10.2 Å². The first-order valence-corrected chi connectivity index (χ1v) is 10.7. The van der Waals surface area contributed by atoms with Crippen LogP contribution in [0.3, 0.4) is 0 Å². The van der Waals surface area contributed by atoms with Crippen LogP contribution in [-0.2, 0) is 4.79 Å². The Morgan fingerprint density at radius 2 is 1.67 bits per heavy atom. The molecule has 0 bridgehead atoms. The molecule has 0 saturated carbocycles. The lowest BCUT2D eigenvalue weighted by Gasteiger charge is -2.11. The van der Waals surface area contributed by atoms with Crippen LogP contribution in [0.4, 0.5) is 5.69 Å². The van der Waals surface area contributed by atoms with E-state index in [-0.39, 0.29) is 11.7 Å². The smallest absolute Gasteiger partial charge is 0.234 e. The molecular formula is C21H15Cl2N5OS. The van der Waals surface area contributed by atoms with Crippen LogP contribution in [0.5, 0.6) is 0 Å². The van der Waals surface area contributed by atoms with Crippen molar-refractivity contribution in [1.82, 2.24) is 19.7 Å². The van der Waals surface area contributed by atoms with Crippen molar-refractivity contribution in [3.05, 3.63) is 83.0 Å². The monoisotopic (exact) mass is 455 g/mol. The Hall–Kier alpha value is -2.87. The minimum absolute atomic E-state index is 0.106. The van der Waals surface area contributed by atoms with Gasteiger partial charge in [0.1, 0.15) is 5.69 Å². The highest BCUT2D eigenvalue weighted by Crippen LogP contribution is 2.31. The number of halogens is 2. The van der Waals surface area contributed by atoms with Crippen molar-refractivity contribution >= 4 is 46.6 Å². The number of aromatic nitrogens is 4. The molecule has 150 valence electrons. The number of hydrogen-bond donors (Lipinski definition) is 1. The van der Waals surface area contributed by atoms with Gasteiger partial charge in [0.25, 0.3) is 0 Å². The Balaban J connectivity index is 1.59. The molecule has 2 aromatic carbocycles. The molecule has 0 aliphatic heterocycles. The summed E-state index contributed by atoms with van der Waals surface area (Å²) in [6.07, 6.45) is 1.70. The van der Waals surface area contributed by atoms with Gasteiger partial charge < -0.3 is 5.32 Å². The van der Waals surface area contributed by atoms with Crippen molar-refractivity contribution in [2.75, 3.05) is 11.1 Å². The number of pyridine rings is 1. The molecule has 9 heteroatoms. The molecule has 6 nitrogen and oxygen atoms in total. The summed E-state index contributed by atoms with van der Waals surface area (Å²) in [7, 11) is 0. The van der Waals surface area contributed by atoms with Gasteiger partial charge >= 0.3 is 0 Å². The second-order valence-corrected chi connectivity index (χ2v) is 7.88. The minimum Gasteiger partial charge on any atom is -0.323 e. The van der Waals surface area contributed by atoms with Gasteiger partial charge in [0.2, 0.25) is 5.91 Å². The number of benzene rings is 2. The van der Waals surface area contributed by atoms with Crippen molar-refractivity contribution in [2.45, 2.75) is 5.16 Å². The highest BCUT2D eigenvalue weighted by molar-refractivity contribution is 7.99. The maximum atomic E-state index is 12.5. The number of carbonyl (C=O) groups is 1. The summed E-state index contributed by atoms with van der Waals surface area (Å²) in [6.45, 7) is 0. The number of nitrogens with one attached hydrogen (secondary N) is 1. The van der Waals surface area contributed by atoms with E-state index in [4.69, 9.17) is 23.2 Å². The lowest BCUT2D eigenvalue weighted by molar-refractivity contribution is -0.113. The molecule has 0 spiro atoms. The predicted octanol–water partition coefficient (Wildman–Crippen LogP) is 5.37. The molecule has 0 atom stereocenters. The molecule has 0 saturated heterocycles. The zero-order valence-corrected chi connectivity index (χ0v) is 17.8. The molecule has 0 aliphatic carbocycles. The van der Waals surface area contributed by atoms with E-state index in [9.17, 15) is 4.79 Å². The number of thioether (sulfide) groups is 1. The molecule has 0 fully saturated rings. The van der Waals surface area contributed by atoms with Crippen molar-refractivity contribution in [3.63, 3.8) is 0 Å². The van der Waals surface area contributed by atoms with E-state index in [1.54, 1.807) is 24.4 Å². The average molecular weight is 456 g/mol. The molecule has 0 aliphatic rings. The van der Waals surface area contributed by atoms with Gasteiger partial charge in [-0.1, -0.05) is 65.3 Å². The number of nitrogens with zero attached hydrogens (tertiary/aromatic N) is 4. The third kappa shape index (κ3) is 4.48. The summed E-state index contributed by atoms with van der Waals surface area (Å²) in [4.78, 5) is 16.9.